The Bertz CT molecular complexity index is 583. The SMILES string of the molecule is CNC(=O)c1ccc(NC(=O)C(C)N2CCCCCC2=O)cc1. The molecule has 1 aliphatic rings. The molecule has 1 saturated heterocycles. The number of carbonyl (C=O) groups excluding carboxylic acids is 3. The van der Waals surface area contributed by atoms with Crippen LogP contribution in [0.25, 0.3) is 0 Å². The minimum absolute atomic E-state index is 0.0418. The maximum absolute atomic E-state index is 12.4. The van der Waals surface area contributed by atoms with E-state index in [1.807, 2.05) is 0 Å². The molecule has 1 aromatic carbocycles. The molecule has 6 heteroatoms. The third-order valence-electron chi connectivity index (χ3n) is 4.10. The van der Waals surface area contributed by atoms with Crippen LogP contribution in [0.5, 0.6) is 0 Å². The predicted molar refractivity (Wildman–Crippen MR) is 88.1 cm³/mol. The number of hydrogen-bond donors (Lipinski definition) is 2. The van der Waals surface area contributed by atoms with E-state index in [9.17, 15) is 14.4 Å². The standard InChI is InChI=1S/C17H23N3O3/c1-12(20-11-5-3-4-6-15(20)21)16(22)19-14-9-7-13(8-10-14)17(23)18-2/h7-10,12H,3-6,11H2,1-2H3,(H,18,23)(H,19,22). The summed E-state index contributed by atoms with van der Waals surface area (Å²) in [4.78, 5) is 37.6. The minimum atomic E-state index is -0.501. The Morgan fingerprint density at radius 2 is 1.83 bits per heavy atom. The lowest BCUT2D eigenvalue weighted by molar-refractivity contribution is -0.137. The Morgan fingerprint density at radius 3 is 2.48 bits per heavy atom. The van der Waals surface area contributed by atoms with Gasteiger partial charge in [-0.25, -0.2) is 0 Å². The maximum Gasteiger partial charge on any atom is 0.251 e. The summed E-state index contributed by atoms with van der Waals surface area (Å²) in [6, 6.07) is 6.16. The first-order valence-electron chi connectivity index (χ1n) is 7.95. The van der Waals surface area contributed by atoms with Crippen LogP contribution < -0.4 is 10.6 Å². The zero-order chi connectivity index (χ0) is 16.8. The Balaban J connectivity index is 2.00. The van der Waals surface area contributed by atoms with Crippen molar-refractivity contribution >= 4 is 23.4 Å². The molecule has 3 amide bonds. The largest absolute Gasteiger partial charge is 0.355 e. The van der Waals surface area contributed by atoms with Crippen LogP contribution in [0.15, 0.2) is 24.3 Å². The highest BCUT2D eigenvalue weighted by Gasteiger charge is 2.26. The number of benzene rings is 1. The van der Waals surface area contributed by atoms with Crippen molar-refractivity contribution in [3.63, 3.8) is 0 Å². The molecule has 1 fully saturated rings. The van der Waals surface area contributed by atoms with E-state index in [1.165, 1.54) is 0 Å². The summed E-state index contributed by atoms with van der Waals surface area (Å²) in [6.45, 7) is 2.38. The topological polar surface area (TPSA) is 78.5 Å². The number of anilines is 1. The van der Waals surface area contributed by atoms with Gasteiger partial charge in [-0.15, -0.1) is 0 Å². The number of rotatable bonds is 4. The quantitative estimate of drug-likeness (QED) is 0.888. The summed E-state index contributed by atoms with van der Waals surface area (Å²) < 4.78 is 0. The van der Waals surface area contributed by atoms with Crippen molar-refractivity contribution in [2.24, 2.45) is 0 Å². The highest BCUT2D eigenvalue weighted by atomic mass is 16.2. The molecule has 0 spiro atoms. The van der Waals surface area contributed by atoms with Crippen molar-refractivity contribution in [3.8, 4) is 0 Å². The summed E-state index contributed by atoms with van der Waals surface area (Å²) in [7, 11) is 1.57. The van der Waals surface area contributed by atoms with Crippen LogP contribution in [0.4, 0.5) is 5.69 Å². The van der Waals surface area contributed by atoms with E-state index >= 15 is 0 Å². The number of amides is 3. The molecule has 1 aliphatic heterocycles. The molecular formula is C17H23N3O3. The first-order valence-corrected chi connectivity index (χ1v) is 7.95. The van der Waals surface area contributed by atoms with E-state index < -0.39 is 6.04 Å². The molecule has 6 nitrogen and oxygen atoms in total. The first kappa shape index (κ1) is 17.0. The van der Waals surface area contributed by atoms with Crippen molar-refractivity contribution < 1.29 is 14.4 Å². The molecule has 1 heterocycles. The third kappa shape index (κ3) is 4.31. The number of nitrogens with one attached hydrogen (secondary N) is 2. The number of nitrogens with zero attached hydrogens (tertiary/aromatic N) is 1. The van der Waals surface area contributed by atoms with Crippen molar-refractivity contribution in [3.05, 3.63) is 29.8 Å². The second-order valence-corrected chi connectivity index (χ2v) is 5.72. The van der Waals surface area contributed by atoms with Gasteiger partial charge < -0.3 is 15.5 Å². The van der Waals surface area contributed by atoms with Crippen molar-refractivity contribution in [2.75, 3.05) is 18.9 Å². The maximum atomic E-state index is 12.4. The van der Waals surface area contributed by atoms with Crippen LogP contribution in [-0.4, -0.2) is 42.3 Å². The molecule has 0 saturated carbocycles. The molecule has 0 aromatic heterocycles. The van der Waals surface area contributed by atoms with E-state index in [1.54, 1.807) is 43.1 Å². The Kier molecular flexibility index (Phi) is 5.73. The second-order valence-electron chi connectivity index (χ2n) is 5.72. The summed E-state index contributed by atoms with van der Waals surface area (Å²) >= 11 is 0. The molecule has 1 aromatic rings. The van der Waals surface area contributed by atoms with E-state index in [0.717, 1.165) is 19.3 Å². The van der Waals surface area contributed by atoms with Crippen LogP contribution in [0.1, 0.15) is 43.0 Å². The molecule has 23 heavy (non-hydrogen) atoms. The van der Waals surface area contributed by atoms with Gasteiger partial charge in [-0.3, -0.25) is 14.4 Å². The average molecular weight is 317 g/mol. The fourth-order valence-corrected chi connectivity index (χ4v) is 2.65. The van der Waals surface area contributed by atoms with Crippen LogP contribution >= 0.6 is 0 Å². The molecule has 1 unspecified atom stereocenters. The second kappa shape index (κ2) is 7.76. The van der Waals surface area contributed by atoms with Crippen molar-refractivity contribution in [1.82, 2.24) is 10.2 Å². The highest BCUT2D eigenvalue weighted by Crippen LogP contribution is 2.16. The lowest BCUT2D eigenvalue weighted by Gasteiger charge is -2.27. The fourth-order valence-electron chi connectivity index (χ4n) is 2.65. The molecule has 0 bridgehead atoms. The third-order valence-corrected chi connectivity index (χ3v) is 4.10. The van der Waals surface area contributed by atoms with E-state index in [4.69, 9.17) is 0 Å². The summed E-state index contributed by atoms with van der Waals surface area (Å²) in [5, 5.41) is 5.34. The molecular weight excluding hydrogens is 294 g/mol. The number of carbonyl (C=O) groups is 3. The van der Waals surface area contributed by atoms with Gasteiger partial charge >= 0.3 is 0 Å². The minimum Gasteiger partial charge on any atom is -0.355 e. The Morgan fingerprint density at radius 1 is 1.13 bits per heavy atom. The molecule has 0 aliphatic carbocycles. The van der Waals surface area contributed by atoms with Gasteiger partial charge in [0.05, 0.1) is 0 Å². The molecule has 124 valence electrons. The van der Waals surface area contributed by atoms with Crippen LogP contribution in [0, 0.1) is 0 Å². The Labute approximate surface area is 136 Å². The molecule has 2 rings (SSSR count). The lowest BCUT2D eigenvalue weighted by atomic mass is 10.2. The number of hydrogen-bond acceptors (Lipinski definition) is 3. The highest BCUT2D eigenvalue weighted by molar-refractivity contribution is 5.98. The summed E-state index contributed by atoms with van der Waals surface area (Å²) in [5.41, 5.74) is 1.14. The Hall–Kier alpha value is -2.37. The van der Waals surface area contributed by atoms with Gasteiger partial charge in [-0.1, -0.05) is 6.42 Å². The van der Waals surface area contributed by atoms with Gasteiger partial charge in [0.1, 0.15) is 6.04 Å². The average Bonchev–Trinajstić information content (AvgIpc) is 2.78. The van der Waals surface area contributed by atoms with Crippen LogP contribution in [-0.2, 0) is 9.59 Å². The van der Waals surface area contributed by atoms with E-state index in [0.29, 0.717) is 24.2 Å². The zero-order valence-electron chi connectivity index (χ0n) is 13.6. The molecule has 1 atom stereocenters. The van der Waals surface area contributed by atoms with Crippen LogP contribution in [0.2, 0.25) is 0 Å². The zero-order valence-corrected chi connectivity index (χ0v) is 13.6. The number of likely N-dealkylation sites (tertiary alicyclic amines) is 1. The fraction of sp³-hybridized carbons (Fsp3) is 0.471. The van der Waals surface area contributed by atoms with Gasteiger partial charge in [0.2, 0.25) is 11.8 Å². The van der Waals surface area contributed by atoms with Gasteiger partial charge in [-0.2, -0.15) is 0 Å². The van der Waals surface area contributed by atoms with Crippen molar-refractivity contribution in [1.29, 1.82) is 0 Å². The van der Waals surface area contributed by atoms with Gasteiger partial charge in [-0.05, 0) is 44.0 Å². The van der Waals surface area contributed by atoms with Gasteiger partial charge in [0.15, 0.2) is 0 Å². The van der Waals surface area contributed by atoms with Gasteiger partial charge in [0.25, 0.3) is 5.91 Å². The van der Waals surface area contributed by atoms with E-state index in [-0.39, 0.29) is 17.7 Å². The van der Waals surface area contributed by atoms with Gasteiger partial charge in [0, 0.05) is 31.3 Å². The molecule has 0 radical (unpaired) electrons. The normalized spacial score (nSPS) is 16.4. The smallest absolute Gasteiger partial charge is 0.251 e. The molecule has 2 N–H and O–H groups in total. The monoisotopic (exact) mass is 317 g/mol. The van der Waals surface area contributed by atoms with Crippen LogP contribution in [0.3, 0.4) is 0 Å². The van der Waals surface area contributed by atoms with E-state index in [2.05, 4.69) is 10.6 Å². The predicted octanol–water partition coefficient (Wildman–Crippen LogP) is 1.78. The summed E-state index contributed by atoms with van der Waals surface area (Å²) in [5.74, 6) is -0.348. The van der Waals surface area contributed by atoms with Crippen molar-refractivity contribution in [2.45, 2.75) is 38.6 Å². The lowest BCUT2D eigenvalue weighted by Crippen LogP contribution is -2.45. The summed E-state index contributed by atoms with van der Waals surface area (Å²) in [6.07, 6.45) is 3.37. The first-order chi connectivity index (χ1) is 11.0.